The zero-order chi connectivity index (χ0) is 19.0. The van der Waals surface area contributed by atoms with Gasteiger partial charge in [-0.05, 0) is 73.8 Å². The van der Waals surface area contributed by atoms with Crippen LogP contribution in [-0.4, -0.2) is 23.0 Å². The summed E-state index contributed by atoms with van der Waals surface area (Å²) in [5.74, 6) is -1.60. The zero-order valence-electron chi connectivity index (χ0n) is 12.8. The molecule has 26 heavy (non-hydrogen) atoms. The van der Waals surface area contributed by atoms with Crippen LogP contribution in [0.2, 0.25) is 5.02 Å². The number of hydrogen-bond donors (Lipinski definition) is 2. The molecule has 1 heterocycles. The number of halogens is 3. The Balaban J connectivity index is 2.06. The quantitative estimate of drug-likeness (QED) is 0.477. The van der Waals surface area contributed by atoms with Gasteiger partial charge in [-0.15, -0.1) is 0 Å². The van der Waals surface area contributed by atoms with Gasteiger partial charge < -0.3 is 5.11 Å². The summed E-state index contributed by atoms with van der Waals surface area (Å²) in [4.78, 5) is 37.9. The minimum absolute atomic E-state index is 0.0118. The summed E-state index contributed by atoms with van der Waals surface area (Å²) in [6, 6.07) is 8.39. The van der Waals surface area contributed by atoms with Crippen molar-refractivity contribution in [3.63, 3.8) is 0 Å². The fraction of sp³-hybridized carbons (Fsp3) is 0. The van der Waals surface area contributed by atoms with E-state index in [1.807, 2.05) is 0 Å². The first-order chi connectivity index (χ1) is 12.3. The zero-order valence-corrected chi connectivity index (χ0v) is 16.7. The topological polar surface area (TPSA) is 86.7 Å². The second kappa shape index (κ2) is 7.22. The first kappa shape index (κ1) is 18.6. The lowest BCUT2D eigenvalue weighted by atomic mass is 10.1. The summed E-state index contributed by atoms with van der Waals surface area (Å²) in [6.45, 7) is 0. The Morgan fingerprint density at radius 1 is 1.08 bits per heavy atom. The Hall–Kier alpha value is -2.16. The van der Waals surface area contributed by atoms with Gasteiger partial charge in [0.05, 0.1) is 14.6 Å². The lowest BCUT2D eigenvalue weighted by Crippen LogP contribution is -2.54. The van der Waals surface area contributed by atoms with E-state index in [9.17, 15) is 19.5 Å². The molecule has 0 aromatic heterocycles. The van der Waals surface area contributed by atoms with Gasteiger partial charge in [0.1, 0.15) is 11.3 Å². The predicted octanol–water partition coefficient (Wildman–Crippen LogP) is 4.24. The Kier molecular flexibility index (Phi) is 5.17. The van der Waals surface area contributed by atoms with E-state index < -0.39 is 17.8 Å². The average molecular weight is 501 g/mol. The summed E-state index contributed by atoms with van der Waals surface area (Å²) in [5.41, 5.74) is 0.487. The molecule has 1 aliphatic rings. The molecule has 1 aliphatic heterocycles. The van der Waals surface area contributed by atoms with Gasteiger partial charge in [-0.1, -0.05) is 17.7 Å². The van der Waals surface area contributed by atoms with Crippen LogP contribution < -0.4 is 10.2 Å². The minimum Gasteiger partial charge on any atom is -0.506 e. The van der Waals surface area contributed by atoms with Crippen LogP contribution in [0.25, 0.3) is 6.08 Å². The summed E-state index contributed by atoms with van der Waals surface area (Å²) < 4.78 is 0.760. The highest BCUT2D eigenvalue weighted by Gasteiger charge is 2.36. The molecule has 2 N–H and O–H groups in total. The first-order valence-corrected chi connectivity index (χ1v) is 9.09. The average Bonchev–Trinajstić information content (AvgIpc) is 2.56. The highest BCUT2D eigenvalue weighted by molar-refractivity contribution is 9.11. The standard InChI is InChI=1S/C17H9Br2ClN2O4/c18-12-5-8(6-13(19)14(12)23)4-11-15(24)21-17(26)22(16(11)25)10-3-1-2-9(20)7-10/h1-7,23H,(H,21,24,26)/b11-4+. The number of hydrogen-bond acceptors (Lipinski definition) is 4. The molecule has 0 atom stereocenters. The monoisotopic (exact) mass is 498 g/mol. The van der Waals surface area contributed by atoms with E-state index in [1.165, 1.54) is 30.3 Å². The van der Waals surface area contributed by atoms with Gasteiger partial charge in [0, 0.05) is 5.02 Å². The van der Waals surface area contributed by atoms with Crippen molar-refractivity contribution in [1.82, 2.24) is 5.32 Å². The van der Waals surface area contributed by atoms with Crippen molar-refractivity contribution in [1.29, 1.82) is 0 Å². The van der Waals surface area contributed by atoms with Crippen LogP contribution in [0.15, 0.2) is 50.9 Å². The molecule has 0 saturated carbocycles. The molecule has 3 rings (SSSR count). The van der Waals surface area contributed by atoms with Crippen LogP contribution in [-0.2, 0) is 9.59 Å². The Bertz CT molecular complexity index is 967. The number of imide groups is 2. The number of nitrogens with zero attached hydrogens (tertiary/aromatic N) is 1. The van der Waals surface area contributed by atoms with Crippen molar-refractivity contribution in [3.8, 4) is 5.75 Å². The van der Waals surface area contributed by atoms with E-state index in [1.54, 1.807) is 12.1 Å². The van der Waals surface area contributed by atoms with Gasteiger partial charge in [-0.3, -0.25) is 14.9 Å². The van der Waals surface area contributed by atoms with Gasteiger partial charge in [0.15, 0.2) is 0 Å². The van der Waals surface area contributed by atoms with E-state index in [2.05, 4.69) is 37.2 Å². The molecular formula is C17H9Br2ClN2O4. The number of nitrogens with one attached hydrogen (secondary N) is 1. The van der Waals surface area contributed by atoms with Crippen LogP contribution in [0, 0.1) is 0 Å². The molecule has 1 fully saturated rings. The number of amides is 4. The van der Waals surface area contributed by atoms with Crippen LogP contribution >= 0.6 is 43.5 Å². The molecule has 2 aromatic carbocycles. The highest BCUT2D eigenvalue weighted by atomic mass is 79.9. The third kappa shape index (κ3) is 3.53. The number of carbonyl (C=O) groups is 3. The fourth-order valence-corrected chi connectivity index (χ4v) is 3.75. The summed E-state index contributed by atoms with van der Waals surface area (Å²) in [6.07, 6.45) is 1.33. The van der Waals surface area contributed by atoms with Crippen LogP contribution in [0.4, 0.5) is 10.5 Å². The van der Waals surface area contributed by atoms with Crippen molar-refractivity contribution in [3.05, 3.63) is 61.5 Å². The lowest BCUT2D eigenvalue weighted by Gasteiger charge is -2.26. The molecule has 0 bridgehead atoms. The lowest BCUT2D eigenvalue weighted by molar-refractivity contribution is -0.122. The molecule has 0 aliphatic carbocycles. The number of carbonyl (C=O) groups excluding carboxylic acids is 3. The SMILES string of the molecule is O=C1NC(=O)N(c2cccc(Cl)c2)C(=O)/C1=C/c1cc(Br)c(O)c(Br)c1. The second-order valence-electron chi connectivity index (χ2n) is 5.27. The Morgan fingerprint density at radius 3 is 2.35 bits per heavy atom. The van der Waals surface area contributed by atoms with E-state index in [-0.39, 0.29) is 17.0 Å². The largest absolute Gasteiger partial charge is 0.506 e. The second-order valence-corrected chi connectivity index (χ2v) is 7.42. The van der Waals surface area contributed by atoms with Gasteiger partial charge in [-0.25, -0.2) is 9.69 Å². The van der Waals surface area contributed by atoms with Crippen molar-refractivity contribution >= 4 is 73.1 Å². The summed E-state index contributed by atoms with van der Waals surface area (Å²) >= 11 is 12.3. The molecule has 1 saturated heterocycles. The smallest absolute Gasteiger partial charge is 0.335 e. The number of urea groups is 1. The first-order valence-electron chi connectivity index (χ1n) is 7.13. The van der Waals surface area contributed by atoms with Crippen molar-refractivity contribution in [2.24, 2.45) is 0 Å². The number of aromatic hydroxyl groups is 1. The molecule has 9 heteroatoms. The van der Waals surface area contributed by atoms with Crippen molar-refractivity contribution < 1.29 is 19.5 Å². The van der Waals surface area contributed by atoms with Gasteiger partial charge in [-0.2, -0.15) is 0 Å². The number of benzene rings is 2. The van der Waals surface area contributed by atoms with Crippen molar-refractivity contribution in [2.45, 2.75) is 0 Å². The molecule has 4 amide bonds. The Morgan fingerprint density at radius 2 is 1.73 bits per heavy atom. The van der Waals surface area contributed by atoms with Crippen LogP contribution in [0.5, 0.6) is 5.75 Å². The van der Waals surface area contributed by atoms with Gasteiger partial charge >= 0.3 is 6.03 Å². The minimum atomic E-state index is -0.854. The van der Waals surface area contributed by atoms with Crippen LogP contribution in [0.3, 0.4) is 0 Å². The predicted molar refractivity (Wildman–Crippen MR) is 104 cm³/mol. The molecule has 0 unspecified atom stereocenters. The van der Waals surface area contributed by atoms with E-state index in [0.29, 0.717) is 19.5 Å². The van der Waals surface area contributed by atoms with E-state index in [0.717, 1.165) is 4.90 Å². The molecule has 0 radical (unpaired) electrons. The Labute approximate surface area is 169 Å². The fourth-order valence-electron chi connectivity index (χ4n) is 2.34. The molecule has 132 valence electrons. The van der Waals surface area contributed by atoms with Crippen LogP contribution in [0.1, 0.15) is 5.56 Å². The van der Waals surface area contributed by atoms with Gasteiger partial charge in [0.2, 0.25) is 0 Å². The number of phenolic OH excluding ortho intramolecular Hbond substituents is 1. The van der Waals surface area contributed by atoms with E-state index >= 15 is 0 Å². The third-order valence-corrected chi connectivity index (χ3v) is 4.96. The van der Waals surface area contributed by atoms with Crippen molar-refractivity contribution in [2.75, 3.05) is 4.90 Å². The maximum absolute atomic E-state index is 12.8. The molecule has 6 nitrogen and oxygen atoms in total. The molecular weight excluding hydrogens is 491 g/mol. The number of anilines is 1. The third-order valence-electron chi connectivity index (χ3n) is 3.52. The number of phenols is 1. The number of barbiturate groups is 1. The highest BCUT2D eigenvalue weighted by Crippen LogP contribution is 2.34. The van der Waals surface area contributed by atoms with E-state index in [4.69, 9.17) is 11.6 Å². The molecule has 0 spiro atoms. The molecule has 2 aromatic rings. The summed E-state index contributed by atoms with van der Waals surface area (Å²) in [5, 5.41) is 12.2. The maximum Gasteiger partial charge on any atom is 0.335 e. The maximum atomic E-state index is 12.8. The summed E-state index contributed by atoms with van der Waals surface area (Å²) in [7, 11) is 0. The normalized spacial score (nSPS) is 16.2. The van der Waals surface area contributed by atoms with Gasteiger partial charge in [0.25, 0.3) is 11.8 Å². The number of rotatable bonds is 2.